The summed E-state index contributed by atoms with van der Waals surface area (Å²) in [6.45, 7) is 6.23. The second kappa shape index (κ2) is 33.8. The van der Waals surface area contributed by atoms with Gasteiger partial charge in [-0.25, -0.2) is 10.2 Å². The lowest BCUT2D eigenvalue weighted by molar-refractivity contribution is -0.146. The van der Waals surface area contributed by atoms with Crippen molar-refractivity contribution >= 4 is 82.0 Å². The maximum absolute atomic E-state index is 14.1. The highest BCUT2D eigenvalue weighted by Crippen LogP contribution is 2.22. The number of phenols is 1. The molecule has 9 atom stereocenters. The second-order valence-corrected chi connectivity index (χ2v) is 21.9. The van der Waals surface area contributed by atoms with Crippen LogP contribution in [0.25, 0.3) is 10.9 Å². The molecule has 0 unspecified atom stereocenters. The average Bonchev–Trinajstić information content (AvgIpc) is 3.99. The molecular weight excluding hydrogens is 1140 g/mol. The number of primary amides is 2. The molecule has 2 heterocycles. The minimum absolute atomic E-state index is 0.00643. The zero-order valence-corrected chi connectivity index (χ0v) is 49.8. The van der Waals surface area contributed by atoms with Crippen LogP contribution in [0.5, 0.6) is 5.75 Å². The Morgan fingerprint density at radius 2 is 1.30 bits per heavy atom. The van der Waals surface area contributed by atoms with Crippen molar-refractivity contribution in [2.75, 3.05) is 20.1 Å². The molecule has 0 aliphatic carbocycles. The number of hydrogen-bond donors (Lipinski definition) is 17. The van der Waals surface area contributed by atoms with Crippen molar-refractivity contribution in [1.29, 1.82) is 5.41 Å². The molecule has 5 rings (SSSR count). The van der Waals surface area contributed by atoms with Gasteiger partial charge in [0.25, 0.3) is 5.91 Å². The van der Waals surface area contributed by atoms with Crippen LogP contribution in [0.2, 0.25) is 0 Å². The number of aromatic nitrogens is 1. The quantitative estimate of drug-likeness (QED) is 0.0119. The van der Waals surface area contributed by atoms with E-state index in [2.05, 4.69) is 63.7 Å². The fourth-order valence-corrected chi connectivity index (χ4v) is 9.91. The Morgan fingerprint density at radius 3 is 1.94 bits per heavy atom. The number of aromatic hydroxyl groups is 1. The summed E-state index contributed by atoms with van der Waals surface area (Å²) in [5, 5.41) is 52.6. The van der Waals surface area contributed by atoms with E-state index in [-0.39, 0.29) is 75.7 Å². The fourth-order valence-electron chi connectivity index (χ4n) is 9.91. The number of amides is 12. The van der Waals surface area contributed by atoms with Crippen LogP contribution in [-0.4, -0.2) is 166 Å². The summed E-state index contributed by atoms with van der Waals surface area (Å²) in [7, 11) is 1.54. The van der Waals surface area contributed by atoms with Crippen LogP contribution >= 0.6 is 0 Å². The van der Waals surface area contributed by atoms with E-state index in [0.29, 0.717) is 29.5 Å². The third kappa shape index (κ3) is 21.6. The highest BCUT2D eigenvalue weighted by atomic mass is 16.3. The summed E-state index contributed by atoms with van der Waals surface area (Å²) in [5.41, 5.74) is 18.3. The molecule has 3 aromatic carbocycles. The summed E-state index contributed by atoms with van der Waals surface area (Å²) in [5.74, 6) is -8.96. The van der Waals surface area contributed by atoms with Gasteiger partial charge in [-0.1, -0.05) is 74.5 Å². The number of nitrogens with two attached hydrogens (primary N) is 2. The zero-order chi connectivity index (χ0) is 64.6. The number of carbonyl (C=O) groups excluding carboxylic acids is 11. The molecule has 19 N–H and O–H groups in total. The molecule has 1 aliphatic rings. The molecule has 29 heteroatoms. The highest BCUT2D eigenvalue weighted by molar-refractivity contribution is 5.99. The van der Waals surface area contributed by atoms with Crippen LogP contribution < -0.4 is 70.2 Å². The molecule has 0 radical (unpaired) electrons. The number of phenolic OH excluding ortho intramolecular Hbond substituents is 1. The summed E-state index contributed by atoms with van der Waals surface area (Å²) in [6, 6.07) is 9.26. The summed E-state index contributed by atoms with van der Waals surface area (Å²) in [4.78, 5) is 154. The van der Waals surface area contributed by atoms with Gasteiger partial charge in [0, 0.05) is 63.4 Å². The van der Waals surface area contributed by atoms with Crippen molar-refractivity contribution in [3.05, 3.63) is 102 Å². The monoisotopic (exact) mass is 1220 g/mol. The summed E-state index contributed by atoms with van der Waals surface area (Å²) >= 11 is 0. The molecular formula is C59H82N16O13. The maximum atomic E-state index is 14.1. The summed E-state index contributed by atoms with van der Waals surface area (Å²) in [6.07, 6.45) is 0.422. The van der Waals surface area contributed by atoms with Gasteiger partial charge in [0.1, 0.15) is 54.1 Å². The van der Waals surface area contributed by atoms with E-state index in [0.717, 1.165) is 17.8 Å². The van der Waals surface area contributed by atoms with Crippen molar-refractivity contribution in [1.82, 2.24) is 68.6 Å². The maximum Gasteiger partial charge on any atom is 0.334 e. The predicted molar refractivity (Wildman–Crippen MR) is 322 cm³/mol. The van der Waals surface area contributed by atoms with Crippen LogP contribution in [0.4, 0.5) is 4.79 Å². The van der Waals surface area contributed by atoms with Gasteiger partial charge in [-0.3, -0.25) is 58.8 Å². The Morgan fingerprint density at radius 1 is 0.670 bits per heavy atom. The summed E-state index contributed by atoms with van der Waals surface area (Å²) < 4.78 is 0. The number of carbonyl (C=O) groups is 11. The van der Waals surface area contributed by atoms with E-state index in [1.807, 2.05) is 24.3 Å². The second-order valence-electron chi connectivity index (χ2n) is 21.9. The molecule has 476 valence electrons. The molecule has 29 nitrogen and oxygen atoms in total. The number of aliphatic hydroxyl groups excluding tert-OH is 1. The number of benzene rings is 3. The van der Waals surface area contributed by atoms with Crippen LogP contribution in [0.3, 0.4) is 0 Å². The van der Waals surface area contributed by atoms with E-state index >= 15 is 0 Å². The van der Waals surface area contributed by atoms with Gasteiger partial charge in [-0.05, 0) is 86.3 Å². The lowest BCUT2D eigenvalue weighted by Crippen LogP contribution is -2.63. The SMILES string of the molecule is CNC(=N)NCCC[C@H](NC(=O)[C@H](CC(C)C)NC(=O)NNC(=O)[C@H](Cc1ccccc1)NC(=O)[C@@H](NC(=O)[C@H](CC(N)=O)NC(=O)[C@@H]1CCCCN1C(=O)[C@@H](Cc1ccc(O)cc1)NC(C)=O)[C@@H](C)O)C(=O)N[C@@H](Cc1c[nH]c2ccccc12)C(N)=O. The van der Waals surface area contributed by atoms with E-state index in [1.165, 1.54) is 24.0 Å². The molecule has 12 amide bonds. The van der Waals surface area contributed by atoms with E-state index in [4.69, 9.17) is 16.9 Å². The number of nitrogens with zero attached hydrogens (tertiary/aromatic N) is 1. The first-order chi connectivity index (χ1) is 41.8. The van der Waals surface area contributed by atoms with E-state index in [1.54, 1.807) is 69.6 Å². The van der Waals surface area contributed by atoms with Crippen molar-refractivity contribution in [3.8, 4) is 5.75 Å². The van der Waals surface area contributed by atoms with Crippen LogP contribution in [-0.2, 0) is 67.2 Å². The van der Waals surface area contributed by atoms with Gasteiger partial charge in [0.15, 0.2) is 5.96 Å². The van der Waals surface area contributed by atoms with Gasteiger partial charge >= 0.3 is 6.03 Å². The molecule has 0 bridgehead atoms. The third-order valence-corrected chi connectivity index (χ3v) is 14.4. The van der Waals surface area contributed by atoms with Gasteiger partial charge in [0.05, 0.1) is 12.5 Å². The molecule has 0 spiro atoms. The van der Waals surface area contributed by atoms with E-state index in [9.17, 15) is 63.0 Å². The predicted octanol–water partition coefficient (Wildman–Crippen LogP) is -1.78. The Labute approximate surface area is 508 Å². The lowest BCUT2D eigenvalue weighted by atomic mass is 9.97. The largest absolute Gasteiger partial charge is 0.508 e. The van der Waals surface area contributed by atoms with Crippen molar-refractivity contribution in [2.45, 2.75) is 146 Å². The number of nitrogens with one attached hydrogen (secondary N) is 13. The van der Waals surface area contributed by atoms with E-state index < -0.39 is 126 Å². The number of H-pyrrole nitrogens is 1. The number of piperidine rings is 1. The number of hydrazine groups is 1. The number of guanidine groups is 1. The number of rotatable bonds is 30. The third-order valence-electron chi connectivity index (χ3n) is 14.4. The molecule has 0 saturated carbocycles. The van der Waals surface area contributed by atoms with Crippen LogP contribution in [0, 0.1) is 11.3 Å². The molecule has 1 saturated heterocycles. The highest BCUT2D eigenvalue weighted by Gasteiger charge is 2.39. The number of para-hydroxylation sites is 1. The first-order valence-corrected chi connectivity index (χ1v) is 28.9. The number of hydrogen-bond acceptors (Lipinski definition) is 14. The Balaban J connectivity index is 1.27. The smallest absolute Gasteiger partial charge is 0.334 e. The average molecular weight is 1220 g/mol. The van der Waals surface area contributed by atoms with Gasteiger partial charge in [-0.2, -0.15) is 0 Å². The van der Waals surface area contributed by atoms with Crippen LogP contribution in [0.15, 0.2) is 85.1 Å². The Bertz CT molecular complexity index is 3100. The molecule has 1 aliphatic heterocycles. The van der Waals surface area contributed by atoms with Gasteiger partial charge < -0.3 is 79.4 Å². The number of fused-ring (bicyclic) bond motifs is 1. The van der Waals surface area contributed by atoms with Crippen molar-refractivity contribution < 1.29 is 63.0 Å². The van der Waals surface area contributed by atoms with Gasteiger partial charge in [0.2, 0.25) is 53.2 Å². The van der Waals surface area contributed by atoms with Gasteiger partial charge in [-0.15, -0.1) is 0 Å². The molecule has 1 aromatic heterocycles. The Hall–Kier alpha value is -9.80. The van der Waals surface area contributed by atoms with Crippen molar-refractivity contribution in [2.24, 2.45) is 17.4 Å². The minimum Gasteiger partial charge on any atom is -0.508 e. The molecule has 1 fully saturated rings. The lowest BCUT2D eigenvalue weighted by Gasteiger charge is -2.37. The molecule has 88 heavy (non-hydrogen) atoms. The normalized spacial score (nSPS) is 15.6. The topological polar surface area (TPSA) is 455 Å². The first kappa shape index (κ1) is 69.0. The number of urea groups is 1. The zero-order valence-electron chi connectivity index (χ0n) is 49.8. The van der Waals surface area contributed by atoms with Crippen LogP contribution in [0.1, 0.15) is 89.3 Å². The first-order valence-electron chi connectivity index (χ1n) is 28.9. The van der Waals surface area contributed by atoms with Crippen molar-refractivity contribution in [3.63, 3.8) is 0 Å². The number of likely N-dealkylation sites (tertiary alicyclic amines) is 1. The minimum atomic E-state index is -1.85. The number of aliphatic hydroxyl groups is 1. The Kier molecular flexibility index (Phi) is 26.5. The fraction of sp³-hybridized carbons (Fsp3) is 0.458. The standard InChI is InChI=1S/C59H82N16O13/c1-32(2)26-43(52(82)67-41(18-13-24-64-58(62)63-5)51(81)68-42(50(61)80)29-37-31-65-40-17-10-9-16-39(37)40)71-59(88)74-73-54(84)44(27-35-14-7-6-8-15-35)70-56(86)49(33(3)76)72-53(83)45(30-48(60)79)69-55(85)47-19-11-12-25-75(47)57(87)46(66-34(4)77)28-36-20-22-38(78)23-21-36/h6-10,14-17,20-23,31-33,41-47,49,65,76,78H,11-13,18-19,24-30H2,1-5H3,(H2,60,79)(H2,61,80)(H,66,77)(H,67,82)(H,68,81)(H,69,85)(H,70,86)(H,72,83)(H,73,84)(H3,62,63,64)(H2,71,74,88)/t33-,41+,42+,43+,44+,45+,46-,47+,49+/m1/s1. The molecule has 4 aromatic rings. The number of aromatic amines is 1.